The Morgan fingerprint density at radius 3 is 2.65 bits per heavy atom. The van der Waals surface area contributed by atoms with Crippen LogP contribution in [0.25, 0.3) is 16.6 Å². The third-order valence-electron chi connectivity index (χ3n) is 4.17. The Kier molecular flexibility index (Phi) is 4.05. The van der Waals surface area contributed by atoms with Crippen molar-refractivity contribution in [3.63, 3.8) is 0 Å². The molecule has 0 aliphatic rings. The van der Waals surface area contributed by atoms with Crippen molar-refractivity contribution in [2.75, 3.05) is 0 Å². The maximum Gasteiger partial charge on any atom is 0.293 e. The topological polar surface area (TPSA) is 52.7 Å². The van der Waals surface area contributed by atoms with Gasteiger partial charge in [-0.2, -0.15) is 10.2 Å². The summed E-state index contributed by atoms with van der Waals surface area (Å²) in [6.07, 6.45) is 1.63. The average molecular weight is 369 g/mol. The first kappa shape index (κ1) is 16.5. The van der Waals surface area contributed by atoms with Gasteiger partial charge >= 0.3 is 0 Å². The third-order valence-corrected chi connectivity index (χ3v) is 4.40. The summed E-state index contributed by atoms with van der Waals surface area (Å²) in [5, 5.41) is 9.96. The first-order valence-corrected chi connectivity index (χ1v) is 8.36. The Bertz CT molecular complexity index is 1160. The first-order valence-electron chi connectivity index (χ1n) is 7.99. The van der Waals surface area contributed by atoms with Crippen LogP contribution in [0.4, 0.5) is 4.39 Å². The van der Waals surface area contributed by atoms with Gasteiger partial charge in [0.25, 0.3) is 5.56 Å². The summed E-state index contributed by atoms with van der Waals surface area (Å²) in [7, 11) is 0. The molecule has 4 aromatic rings. The molecule has 0 radical (unpaired) electrons. The number of benzene rings is 2. The maximum atomic E-state index is 13.1. The molecule has 2 aromatic carbocycles. The Hall–Kier alpha value is -2.99. The van der Waals surface area contributed by atoms with Crippen LogP contribution in [0, 0.1) is 12.7 Å². The number of nitrogens with zero attached hydrogens (tertiary/aromatic N) is 4. The van der Waals surface area contributed by atoms with E-state index in [4.69, 9.17) is 11.6 Å². The zero-order chi connectivity index (χ0) is 18.3. The van der Waals surface area contributed by atoms with Gasteiger partial charge in [0.1, 0.15) is 11.3 Å². The van der Waals surface area contributed by atoms with Crippen molar-refractivity contribution in [2.24, 2.45) is 0 Å². The van der Waals surface area contributed by atoms with E-state index in [1.165, 1.54) is 16.8 Å². The fourth-order valence-corrected chi connectivity index (χ4v) is 3.08. The second-order valence-electron chi connectivity index (χ2n) is 5.97. The van der Waals surface area contributed by atoms with Crippen LogP contribution in [-0.2, 0) is 6.54 Å². The van der Waals surface area contributed by atoms with Crippen molar-refractivity contribution in [1.29, 1.82) is 0 Å². The number of fused-ring (bicyclic) bond motifs is 1. The molecule has 0 atom stereocenters. The molecule has 7 heteroatoms. The third kappa shape index (κ3) is 2.88. The van der Waals surface area contributed by atoms with Gasteiger partial charge in [0.05, 0.1) is 24.1 Å². The minimum atomic E-state index is -0.320. The van der Waals surface area contributed by atoms with E-state index in [1.807, 2.05) is 13.0 Å². The van der Waals surface area contributed by atoms with E-state index >= 15 is 0 Å². The van der Waals surface area contributed by atoms with Crippen LogP contribution in [0.3, 0.4) is 0 Å². The quantitative estimate of drug-likeness (QED) is 0.553. The summed E-state index contributed by atoms with van der Waals surface area (Å²) in [4.78, 5) is 13.0. The first-order chi connectivity index (χ1) is 12.5. The van der Waals surface area contributed by atoms with E-state index in [2.05, 4.69) is 10.2 Å². The second kappa shape index (κ2) is 6.38. The molecule has 0 aliphatic carbocycles. The molecule has 2 heterocycles. The molecule has 130 valence electrons. The van der Waals surface area contributed by atoms with Gasteiger partial charge < -0.3 is 0 Å². The molecular weight excluding hydrogens is 355 g/mol. The van der Waals surface area contributed by atoms with Gasteiger partial charge in [-0.15, -0.1) is 0 Å². The molecule has 5 nitrogen and oxygen atoms in total. The molecule has 0 spiro atoms. The van der Waals surface area contributed by atoms with Gasteiger partial charge in [-0.25, -0.2) is 13.8 Å². The zero-order valence-electron chi connectivity index (χ0n) is 13.9. The lowest BCUT2D eigenvalue weighted by molar-refractivity contribution is 0.617. The van der Waals surface area contributed by atoms with E-state index in [0.29, 0.717) is 27.3 Å². The van der Waals surface area contributed by atoms with E-state index in [1.54, 1.807) is 41.2 Å². The predicted octanol–water partition coefficient (Wildman–Crippen LogP) is 3.73. The molecule has 0 aliphatic heterocycles. The summed E-state index contributed by atoms with van der Waals surface area (Å²) >= 11 is 6.07. The molecule has 0 fully saturated rings. The number of hydrogen-bond donors (Lipinski definition) is 0. The average Bonchev–Trinajstić information content (AvgIpc) is 3.07. The zero-order valence-corrected chi connectivity index (χ0v) is 14.6. The lowest BCUT2D eigenvalue weighted by Crippen LogP contribution is -2.26. The standard InChI is InChI=1S/C19H14ClFN4O/c1-12-17-10-22-25(16-4-2-3-14(20)9-16)18(17)19(26)24(23-12)11-13-5-7-15(21)8-6-13/h2-10H,11H2,1H3. The number of hydrogen-bond acceptors (Lipinski definition) is 3. The van der Waals surface area contributed by atoms with Gasteiger partial charge in [-0.05, 0) is 42.8 Å². The number of halogens is 2. The summed E-state index contributed by atoms with van der Waals surface area (Å²) in [6, 6.07) is 13.1. The van der Waals surface area contributed by atoms with E-state index in [0.717, 1.165) is 5.56 Å². The predicted molar refractivity (Wildman–Crippen MR) is 98.4 cm³/mol. The Morgan fingerprint density at radius 1 is 1.15 bits per heavy atom. The molecule has 0 saturated carbocycles. The van der Waals surface area contributed by atoms with E-state index < -0.39 is 0 Å². The van der Waals surface area contributed by atoms with Gasteiger partial charge in [-0.1, -0.05) is 29.8 Å². The van der Waals surface area contributed by atoms with Crippen LogP contribution < -0.4 is 5.56 Å². The highest BCUT2D eigenvalue weighted by Crippen LogP contribution is 2.20. The van der Waals surface area contributed by atoms with Gasteiger partial charge in [0.2, 0.25) is 0 Å². The Morgan fingerprint density at radius 2 is 1.92 bits per heavy atom. The van der Waals surface area contributed by atoms with E-state index in [9.17, 15) is 9.18 Å². The molecule has 0 unspecified atom stereocenters. The minimum absolute atomic E-state index is 0.247. The van der Waals surface area contributed by atoms with Gasteiger partial charge in [0.15, 0.2) is 0 Å². The van der Waals surface area contributed by atoms with Crippen LogP contribution in [-0.4, -0.2) is 19.6 Å². The largest absolute Gasteiger partial charge is 0.293 e. The van der Waals surface area contributed by atoms with Crippen LogP contribution in [0.5, 0.6) is 0 Å². The van der Waals surface area contributed by atoms with Crippen LogP contribution in [0.15, 0.2) is 59.5 Å². The van der Waals surface area contributed by atoms with Crippen molar-refractivity contribution in [1.82, 2.24) is 19.6 Å². The van der Waals surface area contributed by atoms with Crippen LogP contribution >= 0.6 is 11.6 Å². The molecule has 0 bridgehead atoms. The molecular formula is C19H14ClFN4O. The van der Waals surface area contributed by atoms with Crippen molar-refractivity contribution < 1.29 is 4.39 Å². The van der Waals surface area contributed by atoms with Gasteiger partial charge in [-0.3, -0.25) is 4.79 Å². The highest BCUT2D eigenvalue weighted by molar-refractivity contribution is 6.30. The fraction of sp³-hybridized carbons (Fsp3) is 0.105. The van der Waals surface area contributed by atoms with Gasteiger partial charge in [0, 0.05) is 10.4 Å². The minimum Gasteiger partial charge on any atom is -0.265 e. The smallest absolute Gasteiger partial charge is 0.265 e. The summed E-state index contributed by atoms with van der Waals surface area (Å²) in [5.41, 5.74) is 2.33. The lowest BCUT2D eigenvalue weighted by Gasteiger charge is -2.09. The molecule has 26 heavy (non-hydrogen) atoms. The van der Waals surface area contributed by atoms with Crippen molar-refractivity contribution in [3.8, 4) is 5.69 Å². The maximum absolute atomic E-state index is 13.1. The SMILES string of the molecule is Cc1nn(Cc2ccc(F)cc2)c(=O)c2c1cnn2-c1cccc(Cl)c1. The normalized spacial score (nSPS) is 11.2. The Labute approximate surface area is 153 Å². The van der Waals surface area contributed by atoms with Crippen LogP contribution in [0.2, 0.25) is 5.02 Å². The van der Waals surface area contributed by atoms with Crippen LogP contribution in [0.1, 0.15) is 11.3 Å². The number of aromatic nitrogens is 4. The highest BCUT2D eigenvalue weighted by atomic mass is 35.5. The number of aryl methyl sites for hydroxylation is 1. The highest BCUT2D eigenvalue weighted by Gasteiger charge is 2.15. The molecule has 2 aromatic heterocycles. The molecule has 0 saturated heterocycles. The monoisotopic (exact) mass is 368 g/mol. The van der Waals surface area contributed by atoms with Crippen molar-refractivity contribution in [2.45, 2.75) is 13.5 Å². The van der Waals surface area contributed by atoms with Crippen molar-refractivity contribution in [3.05, 3.63) is 87.2 Å². The summed E-state index contributed by atoms with van der Waals surface area (Å²) in [5.74, 6) is -0.320. The fourth-order valence-electron chi connectivity index (χ4n) is 2.90. The second-order valence-corrected chi connectivity index (χ2v) is 6.41. The molecule has 0 N–H and O–H groups in total. The number of rotatable bonds is 3. The summed E-state index contributed by atoms with van der Waals surface area (Å²) < 4.78 is 16.0. The lowest BCUT2D eigenvalue weighted by atomic mass is 10.2. The Balaban J connectivity index is 1.88. The van der Waals surface area contributed by atoms with E-state index in [-0.39, 0.29) is 17.9 Å². The van der Waals surface area contributed by atoms with Crippen molar-refractivity contribution >= 4 is 22.5 Å². The molecule has 0 amide bonds. The summed E-state index contributed by atoms with van der Waals surface area (Å²) in [6.45, 7) is 2.07. The molecule has 4 rings (SSSR count).